The molecule has 5 nitrogen and oxygen atoms in total. The van der Waals surface area contributed by atoms with Gasteiger partial charge in [-0.25, -0.2) is 4.98 Å². The summed E-state index contributed by atoms with van der Waals surface area (Å²) < 4.78 is 0. The van der Waals surface area contributed by atoms with Crippen molar-refractivity contribution in [3.8, 4) is 6.07 Å². The quantitative estimate of drug-likeness (QED) is 0.644. The van der Waals surface area contributed by atoms with Crippen LogP contribution in [-0.4, -0.2) is 9.97 Å². The maximum absolute atomic E-state index is 9.20. The molecule has 0 bridgehead atoms. The lowest BCUT2D eigenvalue weighted by Crippen LogP contribution is -2.01. The predicted molar refractivity (Wildman–Crippen MR) is 71.5 cm³/mol. The number of nitrogen functional groups attached to an aromatic ring is 2. The number of nitrogens with zero attached hydrogens (tertiary/aromatic N) is 3. The number of rotatable bonds is 3. The van der Waals surface area contributed by atoms with E-state index in [-0.39, 0.29) is 11.2 Å². The number of hydrogen-bond donors (Lipinski definition) is 2. The van der Waals surface area contributed by atoms with Gasteiger partial charge in [-0.1, -0.05) is 42.1 Å². The first-order valence-corrected chi connectivity index (χ1v) is 6.08. The molecule has 0 saturated carbocycles. The van der Waals surface area contributed by atoms with Gasteiger partial charge in [0.05, 0.1) is 6.07 Å². The average molecular weight is 257 g/mol. The molecule has 1 heterocycles. The monoisotopic (exact) mass is 257 g/mol. The van der Waals surface area contributed by atoms with E-state index in [9.17, 15) is 5.26 Å². The standard InChI is InChI=1S/C12H11N5S/c13-7-9(8-4-2-1-3-5-8)18-11-6-10(14)16-12(15)17-11/h1-6,9H,(H4,14,15,16,17)/t9-/m0/s1. The van der Waals surface area contributed by atoms with Crippen LogP contribution in [0.3, 0.4) is 0 Å². The summed E-state index contributed by atoms with van der Waals surface area (Å²) in [6, 6.07) is 13.3. The smallest absolute Gasteiger partial charge is 0.223 e. The molecule has 6 heteroatoms. The molecule has 1 aromatic heterocycles. The number of anilines is 2. The zero-order valence-electron chi connectivity index (χ0n) is 9.45. The number of benzene rings is 1. The van der Waals surface area contributed by atoms with Gasteiger partial charge in [0, 0.05) is 6.07 Å². The molecule has 0 spiro atoms. The molecule has 0 aliphatic carbocycles. The van der Waals surface area contributed by atoms with Crippen LogP contribution in [-0.2, 0) is 0 Å². The van der Waals surface area contributed by atoms with Crippen LogP contribution >= 0.6 is 11.8 Å². The Kier molecular flexibility index (Phi) is 3.65. The lowest BCUT2D eigenvalue weighted by Gasteiger charge is -2.08. The molecule has 1 aromatic carbocycles. The lowest BCUT2D eigenvalue weighted by molar-refractivity contribution is 1.06. The van der Waals surface area contributed by atoms with E-state index in [2.05, 4.69) is 16.0 Å². The van der Waals surface area contributed by atoms with Crippen molar-refractivity contribution in [1.29, 1.82) is 5.26 Å². The van der Waals surface area contributed by atoms with E-state index >= 15 is 0 Å². The first-order chi connectivity index (χ1) is 8.69. The van der Waals surface area contributed by atoms with Crippen LogP contribution in [0.5, 0.6) is 0 Å². The Morgan fingerprint density at radius 1 is 1.17 bits per heavy atom. The fourth-order valence-corrected chi connectivity index (χ4v) is 2.36. The van der Waals surface area contributed by atoms with Crippen molar-refractivity contribution < 1.29 is 0 Å². The van der Waals surface area contributed by atoms with E-state index in [0.717, 1.165) is 5.56 Å². The van der Waals surface area contributed by atoms with Gasteiger partial charge in [-0.3, -0.25) is 0 Å². The second-order valence-corrected chi connectivity index (χ2v) is 4.65. The third-order valence-corrected chi connectivity index (χ3v) is 3.26. The van der Waals surface area contributed by atoms with Crippen LogP contribution in [0.2, 0.25) is 0 Å². The number of aromatic nitrogens is 2. The maximum Gasteiger partial charge on any atom is 0.223 e. The summed E-state index contributed by atoms with van der Waals surface area (Å²) >= 11 is 1.30. The molecule has 90 valence electrons. The van der Waals surface area contributed by atoms with Gasteiger partial charge in [-0.05, 0) is 5.56 Å². The molecule has 2 aromatic rings. The molecular weight excluding hydrogens is 246 g/mol. The zero-order valence-corrected chi connectivity index (χ0v) is 10.3. The second kappa shape index (κ2) is 5.38. The number of nitrogens with two attached hydrogens (primary N) is 2. The first kappa shape index (κ1) is 12.2. The van der Waals surface area contributed by atoms with Crippen molar-refractivity contribution in [1.82, 2.24) is 9.97 Å². The van der Waals surface area contributed by atoms with E-state index < -0.39 is 0 Å². The molecule has 0 saturated heterocycles. The van der Waals surface area contributed by atoms with Gasteiger partial charge in [0.15, 0.2) is 0 Å². The molecule has 4 N–H and O–H groups in total. The Morgan fingerprint density at radius 3 is 2.50 bits per heavy atom. The fraction of sp³-hybridized carbons (Fsp3) is 0.0833. The summed E-state index contributed by atoms with van der Waals surface area (Å²) in [6.07, 6.45) is 0. The van der Waals surface area contributed by atoms with Crippen LogP contribution in [0.15, 0.2) is 41.4 Å². The molecule has 0 amide bonds. The van der Waals surface area contributed by atoms with Crippen molar-refractivity contribution in [2.24, 2.45) is 0 Å². The van der Waals surface area contributed by atoms with Crippen LogP contribution < -0.4 is 11.5 Å². The number of hydrogen-bond acceptors (Lipinski definition) is 6. The molecular formula is C12H11N5S. The van der Waals surface area contributed by atoms with E-state index in [4.69, 9.17) is 11.5 Å². The van der Waals surface area contributed by atoms with Crippen molar-refractivity contribution in [2.45, 2.75) is 10.3 Å². The molecule has 0 aliphatic heterocycles. The number of thioether (sulfide) groups is 1. The van der Waals surface area contributed by atoms with E-state index in [1.807, 2.05) is 30.3 Å². The van der Waals surface area contributed by atoms with Crippen LogP contribution in [0.25, 0.3) is 0 Å². The Balaban J connectivity index is 2.24. The Bertz CT molecular complexity index is 559. The van der Waals surface area contributed by atoms with E-state index in [0.29, 0.717) is 10.8 Å². The topological polar surface area (TPSA) is 102 Å². The van der Waals surface area contributed by atoms with Crippen LogP contribution in [0.1, 0.15) is 10.8 Å². The molecule has 0 fully saturated rings. The minimum absolute atomic E-state index is 0.113. The molecule has 0 unspecified atom stereocenters. The number of nitriles is 1. The Morgan fingerprint density at radius 2 is 1.89 bits per heavy atom. The summed E-state index contributed by atoms with van der Waals surface area (Å²) in [5.41, 5.74) is 12.0. The van der Waals surface area contributed by atoms with E-state index in [1.165, 1.54) is 11.8 Å². The van der Waals surface area contributed by atoms with Gasteiger partial charge in [-0.15, -0.1) is 0 Å². The average Bonchev–Trinajstić information content (AvgIpc) is 2.36. The predicted octanol–water partition coefficient (Wildman–Crippen LogP) is 2.00. The lowest BCUT2D eigenvalue weighted by atomic mass is 10.2. The van der Waals surface area contributed by atoms with Crippen LogP contribution in [0.4, 0.5) is 11.8 Å². The fourth-order valence-electron chi connectivity index (χ4n) is 1.44. The zero-order chi connectivity index (χ0) is 13.0. The Labute approximate surface area is 109 Å². The summed E-state index contributed by atoms with van der Waals surface area (Å²) in [6.45, 7) is 0. The first-order valence-electron chi connectivity index (χ1n) is 5.20. The van der Waals surface area contributed by atoms with Crippen molar-refractivity contribution in [3.63, 3.8) is 0 Å². The molecule has 0 aliphatic rings. The van der Waals surface area contributed by atoms with Crippen molar-refractivity contribution in [3.05, 3.63) is 42.0 Å². The minimum atomic E-state index is -0.347. The van der Waals surface area contributed by atoms with E-state index in [1.54, 1.807) is 6.07 Å². The SMILES string of the molecule is N#C[C@H](Sc1cc(N)nc(N)n1)c1ccccc1. The molecule has 2 rings (SSSR count). The van der Waals surface area contributed by atoms with Gasteiger partial charge in [0.2, 0.25) is 5.95 Å². The van der Waals surface area contributed by atoms with Gasteiger partial charge in [0.25, 0.3) is 0 Å². The van der Waals surface area contributed by atoms with Gasteiger partial charge in [-0.2, -0.15) is 10.2 Å². The minimum Gasteiger partial charge on any atom is -0.383 e. The normalized spacial score (nSPS) is 11.7. The summed E-state index contributed by atoms with van der Waals surface area (Å²) in [7, 11) is 0. The molecule has 0 radical (unpaired) electrons. The highest BCUT2D eigenvalue weighted by atomic mass is 32.2. The highest BCUT2D eigenvalue weighted by Gasteiger charge is 2.13. The summed E-state index contributed by atoms with van der Waals surface area (Å²) in [5, 5.41) is 9.45. The van der Waals surface area contributed by atoms with Crippen LogP contribution in [0, 0.1) is 11.3 Å². The van der Waals surface area contributed by atoms with Gasteiger partial charge in [0.1, 0.15) is 16.1 Å². The second-order valence-electron chi connectivity index (χ2n) is 3.53. The van der Waals surface area contributed by atoms with Gasteiger partial charge >= 0.3 is 0 Å². The largest absolute Gasteiger partial charge is 0.383 e. The Hall–Kier alpha value is -2.26. The summed E-state index contributed by atoms with van der Waals surface area (Å²) in [4.78, 5) is 7.83. The van der Waals surface area contributed by atoms with Gasteiger partial charge < -0.3 is 11.5 Å². The highest BCUT2D eigenvalue weighted by molar-refractivity contribution is 7.99. The van der Waals surface area contributed by atoms with Crippen molar-refractivity contribution >= 4 is 23.5 Å². The summed E-state index contributed by atoms with van der Waals surface area (Å²) in [5.74, 6) is 0.414. The maximum atomic E-state index is 9.20. The highest BCUT2D eigenvalue weighted by Crippen LogP contribution is 2.34. The third-order valence-electron chi connectivity index (χ3n) is 2.20. The van der Waals surface area contributed by atoms with Crippen molar-refractivity contribution in [2.75, 3.05) is 11.5 Å². The molecule has 1 atom stereocenters. The molecule has 18 heavy (non-hydrogen) atoms. The third kappa shape index (κ3) is 2.90.